The summed E-state index contributed by atoms with van der Waals surface area (Å²) in [7, 11) is -4.18. The van der Waals surface area contributed by atoms with E-state index in [9.17, 15) is 8.42 Å². The minimum Gasteiger partial charge on any atom is -0.488 e. The maximum absolute atomic E-state index is 11.1. The first-order chi connectivity index (χ1) is 11.4. The second-order valence-corrected chi connectivity index (χ2v) is 7.72. The first-order valence-corrected chi connectivity index (χ1v) is 10.2. The molecule has 0 aliphatic rings. The normalized spacial score (nSPS) is 14.3. The van der Waals surface area contributed by atoms with Crippen LogP contribution in [0.4, 0.5) is 0 Å². The van der Waals surface area contributed by atoms with Crippen LogP contribution >= 0.6 is 0 Å². The van der Waals surface area contributed by atoms with E-state index >= 15 is 0 Å². The molecule has 1 N–H and O–H groups in total. The highest BCUT2D eigenvalue weighted by Gasteiger charge is 2.20. The minimum absolute atomic E-state index is 0.130. The lowest BCUT2D eigenvalue weighted by molar-refractivity contribution is 0.0321. The lowest BCUT2D eigenvalue weighted by atomic mass is 10.1. The molecule has 0 spiro atoms. The number of rotatable bonds is 13. The van der Waals surface area contributed by atoms with Gasteiger partial charge in [0.05, 0.1) is 6.61 Å². The predicted molar refractivity (Wildman–Crippen MR) is 95.8 cm³/mol. The average molecular weight is 359 g/mol. The van der Waals surface area contributed by atoms with Crippen LogP contribution < -0.4 is 4.74 Å². The van der Waals surface area contributed by atoms with Crippen LogP contribution in [0.25, 0.3) is 0 Å². The van der Waals surface area contributed by atoms with Crippen molar-refractivity contribution >= 4 is 10.1 Å². The summed E-state index contributed by atoms with van der Waals surface area (Å²) in [5, 5.41) is 0. The van der Waals surface area contributed by atoms with Crippen molar-refractivity contribution in [3.8, 4) is 5.75 Å². The lowest BCUT2D eigenvalue weighted by Crippen LogP contribution is -2.29. The van der Waals surface area contributed by atoms with E-state index in [4.69, 9.17) is 14.0 Å². The summed E-state index contributed by atoms with van der Waals surface area (Å²) < 4.78 is 42.3. The summed E-state index contributed by atoms with van der Waals surface area (Å²) in [6, 6.07) is 9.41. The SMILES string of the molecule is CCCCCCCCC(COC(C)S(=O)(=O)O)Oc1ccccc1. The van der Waals surface area contributed by atoms with Crippen molar-refractivity contribution in [1.82, 2.24) is 0 Å². The Morgan fingerprint density at radius 3 is 2.29 bits per heavy atom. The van der Waals surface area contributed by atoms with Gasteiger partial charge in [-0.3, -0.25) is 4.55 Å². The molecule has 138 valence electrons. The number of benzene rings is 1. The van der Waals surface area contributed by atoms with E-state index in [0.717, 1.165) is 25.0 Å². The highest BCUT2D eigenvalue weighted by Crippen LogP contribution is 2.17. The zero-order valence-corrected chi connectivity index (χ0v) is 15.5. The Bertz CT molecular complexity index is 530. The maximum Gasteiger partial charge on any atom is 0.291 e. The number of para-hydroxylation sites is 1. The van der Waals surface area contributed by atoms with Gasteiger partial charge in [-0.25, -0.2) is 0 Å². The van der Waals surface area contributed by atoms with E-state index in [1.165, 1.54) is 32.6 Å². The van der Waals surface area contributed by atoms with Crippen LogP contribution in [0.3, 0.4) is 0 Å². The van der Waals surface area contributed by atoms with Crippen LogP contribution in [0.5, 0.6) is 5.75 Å². The first-order valence-electron chi connectivity index (χ1n) is 8.73. The summed E-state index contributed by atoms with van der Waals surface area (Å²) >= 11 is 0. The van der Waals surface area contributed by atoms with Gasteiger partial charge in [0.25, 0.3) is 10.1 Å². The summed E-state index contributed by atoms with van der Waals surface area (Å²) in [5.41, 5.74) is -1.25. The largest absolute Gasteiger partial charge is 0.488 e. The molecule has 0 heterocycles. The molecule has 2 unspecified atom stereocenters. The average Bonchev–Trinajstić information content (AvgIpc) is 2.55. The number of unbranched alkanes of at least 4 members (excludes halogenated alkanes) is 5. The molecule has 0 saturated heterocycles. The predicted octanol–water partition coefficient (Wildman–Crippen LogP) is 4.44. The molecule has 0 amide bonds. The molecule has 2 atom stereocenters. The van der Waals surface area contributed by atoms with Gasteiger partial charge in [0.2, 0.25) is 0 Å². The minimum atomic E-state index is -4.18. The van der Waals surface area contributed by atoms with Gasteiger partial charge in [0, 0.05) is 0 Å². The van der Waals surface area contributed by atoms with Gasteiger partial charge in [0.1, 0.15) is 11.9 Å². The molecule has 0 fully saturated rings. The van der Waals surface area contributed by atoms with Gasteiger partial charge < -0.3 is 9.47 Å². The number of hydrogen-bond acceptors (Lipinski definition) is 4. The molecule has 0 saturated carbocycles. The monoisotopic (exact) mass is 358 g/mol. The van der Waals surface area contributed by atoms with E-state index in [1.54, 1.807) is 0 Å². The Balaban J connectivity index is 2.46. The maximum atomic E-state index is 11.1. The zero-order valence-electron chi connectivity index (χ0n) is 14.7. The van der Waals surface area contributed by atoms with Crippen molar-refractivity contribution in [2.24, 2.45) is 0 Å². The highest BCUT2D eigenvalue weighted by molar-refractivity contribution is 7.86. The molecular formula is C18H30O5S. The first kappa shape index (κ1) is 20.9. The van der Waals surface area contributed by atoms with Gasteiger partial charge in [-0.15, -0.1) is 0 Å². The third-order valence-corrected chi connectivity index (χ3v) is 4.84. The fraction of sp³-hybridized carbons (Fsp3) is 0.667. The van der Waals surface area contributed by atoms with Crippen LogP contribution in [-0.2, 0) is 14.9 Å². The van der Waals surface area contributed by atoms with Gasteiger partial charge in [-0.05, 0) is 31.9 Å². The van der Waals surface area contributed by atoms with Crippen molar-refractivity contribution in [2.75, 3.05) is 6.61 Å². The van der Waals surface area contributed by atoms with Crippen molar-refractivity contribution in [3.05, 3.63) is 30.3 Å². The third-order valence-electron chi connectivity index (χ3n) is 3.86. The second kappa shape index (κ2) is 11.4. The fourth-order valence-corrected chi connectivity index (χ4v) is 2.60. The van der Waals surface area contributed by atoms with Crippen molar-refractivity contribution < 1.29 is 22.4 Å². The molecule has 0 aliphatic carbocycles. The molecule has 24 heavy (non-hydrogen) atoms. The van der Waals surface area contributed by atoms with Crippen molar-refractivity contribution in [3.63, 3.8) is 0 Å². The lowest BCUT2D eigenvalue weighted by Gasteiger charge is -2.21. The van der Waals surface area contributed by atoms with Gasteiger partial charge in [0.15, 0.2) is 5.44 Å². The van der Waals surface area contributed by atoms with Gasteiger partial charge in [-0.2, -0.15) is 8.42 Å². The molecule has 1 rings (SSSR count). The van der Waals surface area contributed by atoms with Crippen LogP contribution in [0, 0.1) is 0 Å². The Labute approximate surface area is 146 Å². The molecule has 0 aromatic heterocycles. The molecule has 0 bridgehead atoms. The molecule has 1 aromatic carbocycles. The molecule has 0 aliphatic heterocycles. The summed E-state index contributed by atoms with van der Waals surface area (Å²) in [5.74, 6) is 0.733. The Morgan fingerprint density at radius 1 is 1.04 bits per heavy atom. The Hall–Kier alpha value is -1.11. The standard InChI is InChI=1S/C18H30O5S/c1-3-4-5-6-7-9-14-18(15-22-16(2)24(19,20)21)23-17-12-10-8-11-13-17/h8,10-13,16,18H,3-7,9,14-15H2,1-2H3,(H,19,20,21). The topological polar surface area (TPSA) is 72.8 Å². The van der Waals surface area contributed by atoms with E-state index < -0.39 is 15.6 Å². The highest BCUT2D eigenvalue weighted by atomic mass is 32.2. The van der Waals surface area contributed by atoms with Gasteiger partial charge >= 0.3 is 0 Å². The molecule has 6 heteroatoms. The third kappa shape index (κ3) is 9.25. The van der Waals surface area contributed by atoms with Gasteiger partial charge in [-0.1, -0.05) is 57.2 Å². The fourth-order valence-electron chi connectivity index (χ4n) is 2.35. The number of hydrogen-bond donors (Lipinski definition) is 1. The van der Waals surface area contributed by atoms with Crippen LogP contribution in [-0.4, -0.2) is 31.1 Å². The van der Waals surface area contributed by atoms with Crippen LogP contribution in [0.2, 0.25) is 0 Å². The van der Waals surface area contributed by atoms with Crippen LogP contribution in [0.15, 0.2) is 30.3 Å². The van der Waals surface area contributed by atoms with Crippen molar-refractivity contribution in [2.45, 2.75) is 70.3 Å². The molecule has 5 nitrogen and oxygen atoms in total. The summed E-state index contributed by atoms with van der Waals surface area (Å²) in [4.78, 5) is 0. The summed E-state index contributed by atoms with van der Waals surface area (Å²) in [6.07, 6.45) is 7.63. The van der Waals surface area contributed by atoms with E-state index in [0.29, 0.717) is 0 Å². The number of ether oxygens (including phenoxy) is 2. The molecule has 0 radical (unpaired) electrons. The quantitative estimate of drug-likeness (QED) is 0.417. The smallest absolute Gasteiger partial charge is 0.291 e. The van der Waals surface area contributed by atoms with E-state index in [2.05, 4.69) is 6.92 Å². The van der Waals surface area contributed by atoms with E-state index in [1.807, 2.05) is 30.3 Å². The van der Waals surface area contributed by atoms with E-state index in [-0.39, 0.29) is 12.7 Å². The van der Waals surface area contributed by atoms with Crippen molar-refractivity contribution in [1.29, 1.82) is 0 Å². The zero-order chi connectivity index (χ0) is 17.8. The Morgan fingerprint density at radius 2 is 1.67 bits per heavy atom. The molecular weight excluding hydrogens is 328 g/mol. The second-order valence-electron chi connectivity index (χ2n) is 6.03. The van der Waals surface area contributed by atoms with Crippen LogP contribution in [0.1, 0.15) is 58.8 Å². The Kier molecular flexibility index (Phi) is 9.98. The molecule has 1 aromatic rings. The summed E-state index contributed by atoms with van der Waals surface area (Å²) in [6.45, 7) is 3.64.